The maximum Gasteiger partial charge on any atom is 0.0717 e. The normalized spacial score (nSPS) is 35.2. The van der Waals surface area contributed by atoms with Gasteiger partial charge in [-0.15, -0.1) is 0 Å². The Morgan fingerprint density at radius 3 is 2.50 bits per heavy atom. The molecular weight excluding hydrogens is 220 g/mol. The van der Waals surface area contributed by atoms with Gasteiger partial charge in [0.25, 0.3) is 0 Å². The molecule has 1 nitrogen and oxygen atoms in total. The first kappa shape index (κ1) is 11.0. The fourth-order valence-corrected chi connectivity index (χ4v) is 5.10. The summed E-state index contributed by atoms with van der Waals surface area (Å²) in [5, 5.41) is 0. The number of rotatable bonds is 4. The molecule has 0 aromatic heterocycles. The van der Waals surface area contributed by atoms with Crippen LogP contribution in [0.2, 0.25) is 0 Å². The lowest BCUT2D eigenvalue weighted by molar-refractivity contribution is 0.0374. The van der Waals surface area contributed by atoms with Gasteiger partial charge in [-0.3, -0.25) is 0 Å². The van der Waals surface area contributed by atoms with Gasteiger partial charge in [-0.2, -0.15) is 0 Å². The average molecular weight is 242 g/mol. The summed E-state index contributed by atoms with van der Waals surface area (Å²) in [5.74, 6) is 1.03. The molecule has 3 fully saturated rings. The molecule has 0 aliphatic heterocycles. The van der Waals surface area contributed by atoms with Crippen LogP contribution in [0.1, 0.15) is 44.1 Å². The zero-order valence-corrected chi connectivity index (χ0v) is 11.0. The highest BCUT2D eigenvalue weighted by Gasteiger charge is 2.80. The predicted molar refractivity (Wildman–Crippen MR) is 72.2 cm³/mol. The molecule has 0 saturated heterocycles. The van der Waals surface area contributed by atoms with Crippen LogP contribution in [0.15, 0.2) is 30.3 Å². The van der Waals surface area contributed by atoms with Crippen molar-refractivity contribution in [1.29, 1.82) is 0 Å². The molecule has 3 aliphatic rings. The molecule has 3 saturated carbocycles. The number of fused-ring (bicyclic) bond motifs is 3. The molecule has 0 radical (unpaired) electrons. The smallest absolute Gasteiger partial charge is 0.0717 e. The van der Waals surface area contributed by atoms with Gasteiger partial charge >= 0.3 is 0 Å². The van der Waals surface area contributed by atoms with Crippen molar-refractivity contribution in [1.82, 2.24) is 0 Å². The molecule has 4 rings (SSSR count). The van der Waals surface area contributed by atoms with Crippen LogP contribution in [0, 0.1) is 16.7 Å². The second kappa shape index (κ2) is 3.84. The number of ether oxygens (including phenoxy) is 1. The largest absolute Gasteiger partial charge is 0.376 e. The predicted octanol–water partition coefficient (Wildman–Crippen LogP) is 4.17. The molecule has 1 spiro atoms. The maximum absolute atomic E-state index is 6.06. The molecule has 0 bridgehead atoms. The van der Waals surface area contributed by atoms with Crippen molar-refractivity contribution in [3.05, 3.63) is 35.9 Å². The summed E-state index contributed by atoms with van der Waals surface area (Å²) < 4.78 is 6.06. The summed E-state index contributed by atoms with van der Waals surface area (Å²) >= 11 is 0. The lowest BCUT2D eigenvalue weighted by atomic mass is 9.83. The van der Waals surface area contributed by atoms with Crippen molar-refractivity contribution in [2.75, 3.05) is 6.61 Å². The summed E-state index contributed by atoms with van der Waals surface area (Å²) in [6.07, 6.45) is 8.84. The van der Waals surface area contributed by atoms with Crippen LogP contribution < -0.4 is 0 Å². The summed E-state index contributed by atoms with van der Waals surface area (Å²) in [5.41, 5.74) is 2.67. The molecular formula is C17H22O. The quantitative estimate of drug-likeness (QED) is 0.770. The fraction of sp³-hybridized carbons (Fsp3) is 0.647. The monoisotopic (exact) mass is 242 g/mol. The zero-order valence-electron chi connectivity index (χ0n) is 11.0. The second-order valence-corrected chi connectivity index (χ2v) is 6.59. The number of benzene rings is 1. The van der Waals surface area contributed by atoms with E-state index < -0.39 is 0 Å². The lowest BCUT2D eigenvalue weighted by Crippen LogP contribution is -2.23. The lowest BCUT2D eigenvalue weighted by Gasteiger charge is -2.26. The highest BCUT2D eigenvalue weighted by Crippen LogP contribution is 2.85. The first-order valence-corrected chi connectivity index (χ1v) is 7.49. The Bertz CT molecular complexity index is 432. The third-order valence-corrected chi connectivity index (χ3v) is 6.09. The summed E-state index contributed by atoms with van der Waals surface area (Å²) in [4.78, 5) is 0. The van der Waals surface area contributed by atoms with Crippen LogP contribution in [0.3, 0.4) is 0 Å². The Labute approximate surface area is 110 Å². The minimum Gasteiger partial charge on any atom is -0.376 e. The van der Waals surface area contributed by atoms with Gasteiger partial charge in [0.05, 0.1) is 13.2 Å². The Morgan fingerprint density at radius 1 is 1.06 bits per heavy atom. The second-order valence-electron chi connectivity index (χ2n) is 6.59. The van der Waals surface area contributed by atoms with Crippen LogP contribution in [-0.4, -0.2) is 6.61 Å². The van der Waals surface area contributed by atoms with Gasteiger partial charge < -0.3 is 4.74 Å². The molecule has 2 atom stereocenters. The van der Waals surface area contributed by atoms with E-state index in [-0.39, 0.29) is 0 Å². The van der Waals surface area contributed by atoms with Gasteiger partial charge in [0.2, 0.25) is 0 Å². The molecule has 1 aromatic carbocycles. The van der Waals surface area contributed by atoms with E-state index in [2.05, 4.69) is 30.3 Å². The molecule has 0 unspecified atom stereocenters. The Kier molecular flexibility index (Phi) is 2.35. The van der Waals surface area contributed by atoms with E-state index >= 15 is 0 Å². The van der Waals surface area contributed by atoms with Crippen LogP contribution >= 0.6 is 0 Å². The Hall–Kier alpha value is -0.820. The van der Waals surface area contributed by atoms with E-state index in [1.807, 2.05) is 0 Å². The van der Waals surface area contributed by atoms with E-state index in [0.29, 0.717) is 5.41 Å². The first-order valence-electron chi connectivity index (χ1n) is 7.49. The summed E-state index contributed by atoms with van der Waals surface area (Å²) in [6, 6.07) is 10.6. The third kappa shape index (κ3) is 1.31. The molecule has 18 heavy (non-hydrogen) atoms. The fourth-order valence-electron chi connectivity index (χ4n) is 5.10. The van der Waals surface area contributed by atoms with Gasteiger partial charge in [-0.05, 0) is 42.6 Å². The Balaban J connectivity index is 1.36. The molecule has 1 heteroatoms. The summed E-state index contributed by atoms with van der Waals surface area (Å²) in [6.45, 7) is 1.82. The van der Waals surface area contributed by atoms with E-state index in [9.17, 15) is 0 Å². The number of hydrogen-bond acceptors (Lipinski definition) is 1. The standard InChI is InChI=1S/C17H22O/c1-2-6-14(7-3-1)12-18-13-17-11-8-15(17)16(17)9-4-5-10-16/h1-3,6-7,15H,4-5,8-13H2/t15-,17+/m0/s1. The minimum absolute atomic E-state index is 0.623. The highest BCUT2D eigenvalue weighted by atomic mass is 16.5. The van der Waals surface area contributed by atoms with Crippen LogP contribution in [0.4, 0.5) is 0 Å². The van der Waals surface area contributed by atoms with Crippen molar-refractivity contribution < 1.29 is 4.74 Å². The SMILES string of the molecule is c1ccc(COC[C@]23CC[C@H]2C32CCCC2)cc1. The molecule has 0 heterocycles. The van der Waals surface area contributed by atoms with Gasteiger partial charge in [0.1, 0.15) is 0 Å². The molecule has 0 N–H and O–H groups in total. The molecule has 1 aromatic rings. The van der Waals surface area contributed by atoms with Gasteiger partial charge in [0, 0.05) is 5.41 Å². The van der Waals surface area contributed by atoms with Crippen molar-refractivity contribution >= 4 is 0 Å². The maximum atomic E-state index is 6.06. The van der Waals surface area contributed by atoms with Crippen LogP contribution in [-0.2, 0) is 11.3 Å². The molecule has 3 aliphatic carbocycles. The summed E-state index contributed by atoms with van der Waals surface area (Å²) in [7, 11) is 0. The average Bonchev–Trinajstić information content (AvgIpc) is 2.75. The van der Waals surface area contributed by atoms with Gasteiger partial charge in [-0.25, -0.2) is 0 Å². The highest BCUT2D eigenvalue weighted by molar-refractivity contribution is 5.28. The van der Waals surface area contributed by atoms with Crippen molar-refractivity contribution in [3.8, 4) is 0 Å². The zero-order chi connectivity index (χ0) is 12.1. The molecule has 96 valence electrons. The van der Waals surface area contributed by atoms with E-state index in [0.717, 1.165) is 24.5 Å². The Morgan fingerprint density at radius 2 is 1.83 bits per heavy atom. The number of hydrogen-bond donors (Lipinski definition) is 0. The third-order valence-electron chi connectivity index (χ3n) is 6.09. The first-order chi connectivity index (χ1) is 8.87. The minimum atomic E-state index is 0.623. The van der Waals surface area contributed by atoms with E-state index in [1.165, 1.54) is 44.1 Å². The van der Waals surface area contributed by atoms with Gasteiger partial charge in [-0.1, -0.05) is 43.2 Å². The topological polar surface area (TPSA) is 9.23 Å². The van der Waals surface area contributed by atoms with Crippen LogP contribution in [0.5, 0.6) is 0 Å². The van der Waals surface area contributed by atoms with Crippen molar-refractivity contribution in [3.63, 3.8) is 0 Å². The van der Waals surface area contributed by atoms with Crippen LogP contribution in [0.25, 0.3) is 0 Å². The van der Waals surface area contributed by atoms with E-state index in [4.69, 9.17) is 4.74 Å². The van der Waals surface area contributed by atoms with Crippen molar-refractivity contribution in [2.45, 2.75) is 45.1 Å². The van der Waals surface area contributed by atoms with E-state index in [1.54, 1.807) is 0 Å². The molecule has 0 amide bonds. The van der Waals surface area contributed by atoms with Gasteiger partial charge in [0.15, 0.2) is 0 Å². The van der Waals surface area contributed by atoms with Crippen molar-refractivity contribution in [2.24, 2.45) is 16.7 Å².